The number of nitrogens with one attached hydrogen (secondary N) is 1. The Morgan fingerprint density at radius 3 is 2.49 bits per heavy atom. The number of benzene rings is 2. The lowest BCUT2D eigenvalue weighted by Gasteiger charge is -2.47. The molecule has 2 aliphatic heterocycles. The Bertz CT molecular complexity index is 1890. The highest BCUT2D eigenvalue weighted by Crippen LogP contribution is 2.33. The van der Waals surface area contributed by atoms with Crippen LogP contribution in [0.5, 0.6) is 11.5 Å². The van der Waals surface area contributed by atoms with E-state index in [-0.39, 0.29) is 40.7 Å². The number of amides is 2. The number of phenols is 1. The summed E-state index contributed by atoms with van der Waals surface area (Å²) in [6.45, 7) is 12.3. The molecule has 2 aromatic carbocycles. The number of aliphatic hydroxyl groups excluding tert-OH is 1. The second-order valence-electron chi connectivity index (χ2n) is 14.3. The summed E-state index contributed by atoms with van der Waals surface area (Å²) < 4.78 is 18.4. The molecule has 0 radical (unpaired) electrons. The van der Waals surface area contributed by atoms with Gasteiger partial charge < -0.3 is 39.2 Å². The van der Waals surface area contributed by atoms with E-state index >= 15 is 0 Å². The van der Waals surface area contributed by atoms with Crippen molar-refractivity contribution in [3.05, 3.63) is 79.1 Å². The molecule has 2 fully saturated rings. The van der Waals surface area contributed by atoms with Gasteiger partial charge >= 0.3 is 11.0 Å². The zero-order valence-electron chi connectivity index (χ0n) is 29.5. The smallest absolute Gasteiger partial charge is 0.410 e. The molecule has 12 nitrogen and oxygen atoms in total. The van der Waals surface area contributed by atoms with Crippen molar-refractivity contribution in [3.8, 4) is 11.5 Å². The minimum atomic E-state index is -1.14. The highest BCUT2D eigenvalue weighted by Gasteiger charge is 2.41. The number of rotatable bonds is 10. The van der Waals surface area contributed by atoms with Gasteiger partial charge in [-0.05, 0) is 76.4 Å². The molecular formula is C37H46N4O8S2. The number of likely N-dealkylation sites (tertiary alicyclic amines) is 1. The number of aromatic nitrogens is 1. The first-order valence-corrected chi connectivity index (χ1v) is 18.9. The molecule has 6 rings (SSSR count). The number of carbonyl (C=O) groups excluding carboxylic acids is 2. The van der Waals surface area contributed by atoms with E-state index in [1.807, 2.05) is 48.2 Å². The number of hydrogen-bond donors (Lipinski definition) is 3. The fourth-order valence-electron chi connectivity index (χ4n) is 6.55. The number of aromatic hydroxyl groups is 1. The first-order chi connectivity index (χ1) is 24.3. The summed E-state index contributed by atoms with van der Waals surface area (Å²) in [6.07, 6.45) is 0.000776. The van der Waals surface area contributed by atoms with E-state index < -0.39 is 17.8 Å². The minimum absolute atomic E-state index is 0.0881. The van der Waals surface area contributed by atoms with Crippen LogP contribution >= 0.6 is 22.7 Å². The zero-order valence-corrected chi connectivity index (χ0v) is 31.1. The zero-order chi connectivity index (χ0) is 36.3. The van der Waals surface area contributed by atoms with Crippen LogP contribution in [0.1, 0.15) is 65.4 Å². The molecule has 0 saturated carbocycles. The molecule has 2 aromatic heterocycles. The molecule has 2 saturated heterocycles. The van der Waals surface area contributed by atoms with E-state index in [4.69, 9.17) is 14.2 Å². The van der Waals surface area contributed by atoms with Gasteiger partial charge in [0.15, 0.2) is 0 Å². The van der Waals surface area contributed by atoms with Crippen LogP contribution in [0, 0.1) is 6.92 Å². The van der Waals surface area contributed by atoms with Gasteiger partial charge in [0.1, 0.15) is 29.2 Å². The van der Waals surface area contributed by atoms with Crippen molar-refractivity contribution in [2.24, 2.45) is 0 Å². The Labute approximate surface area is 305 Å². The number of morpholine rings is 1. The van der Waals surface area contributed by atoms with E-state index in [9.17, 15) is 24.6 Å². The van der Waals surface area contributed by atoms with Crippen molar-refractivity contribution >= 4 is 44.9 Å². The highest BCUT2D eigenvalue weighted by atomic mass is 32.1. The maximum Gasteiger partial charge on any atom is 0.410 e. The number of thiazole rings is 1. The van der Waals surface area contributed by atoms with E-state index in [1.54, 1.807) is 38.2 Å². The van der Waals surface area contributed by atoms with Crippen LogP contribution in [0.4, 0.5) is 4.79 Å². The molecule has 51 heavy (non-hydrogen) atoms. The maximum absolute atomic E-state index is 13.3. The molecule has 1 spiro atoms. The van der Waals surface area contributed by atoms with Gasteiger partial charge in [0, 0.05) is 43.2 Å². The third-order valence-electron chi connectivity index (χ3n) is 9.22. The fraction of sp³-hybridized carbons (Fsp3) is 0.486. The number of fused-ring (bicyclic) bond motifs is 1. The summed E-state index contributed by atoms with van der Waals surface area (Å²) in [6, 6.07) is 14.4. The van der Waals surface area contributed by atoms with Crippen molar-refractivity contribution < 1.29 is 34.0 Å². The van der Waals surface area contributed by atoms with Gasteiger partial charge in [-0.3, -0.25) is 14.5 Å². The summed E-state index contributed by atoms with van der Waals surface area (Å²) in [5, 5.41) is 21.4. The first kappa shape index (κ1) is 36.8. The van der Waals surface area contributed by atoms with Gasteiger partial charge in [-0.15, -0.1) is 11.3 Å². The lowest BCUT2D eigenvalue weighted by Crippen LogP contribution is -2.58. The molecule has 2 aliphatic rings. The van der Waals surface area contributed by atoms with Crippen LogP contribution < -0.4 is 9.61 Å². The molecule has 3 N–H and O–H groups in total. The molecule has 274 valence electrons. The van der Waals surface area contributed by atoms with Crippen molar-refractivity contribution in [2.45, 2.75) is 64.4 Å². The van der Waals surface area contributed by atoms with Crippen molar-refractivity contribution in [3.63, 3.8) is 0 Å². The van der Waals surface area contributed by atoms with Crippen LogP contribution in [0.25, 0.3) is 10.2 Å². The number of carbonyl (C=O) groups is 2. The quantitative estimate of drug-likeness (QED) is 0.192. The number of thiophene rings is 1. The van der Waals surface area contributed by atoms with E-state index in [2.05, 4.69) is 9.88 Å². The number of H-pyrrole nitrogens is 1. The summed E-state index contributed by atoms with van der Waals surface area (Å²) in [7, 11) is 0. The Morgan fingerprint density at radius 2 is 1.80 bits per heavy atom. The SMILES string of the molecule is Cc1ccc(C(=O)N2CCOC3(CCN(CCOc4ccc(CN(C[C@H](O)c5ccc(O)c6[nH]c(=O)sc56)C(=O)OC(C)(C)C)cc4)CC3)C2)s1. The Balaban J connectivity index is 1.01. The number of aryl methyl sites for hydroxylation is 1. The van der Waals surface area contributed by atoms with Crippen molar-refractivity contribution in [1.82, 2.24) is 19.7 Å². The van der Waals surface area contributed by atoms with Crippen molar-refractivity contribution in [2.75, 3.05) is 52.5 Å². The topological polar surface area (TPSA) is 145 Å². The van der Waals surface area contributed by atoms with Gasteiger partial charge in [-0.25, -0.2) is 4.79 Å². The van der Waals surface area contributed by atoms with Crippen molar-refractivity contribution in [1.29, 1.82) is 0 Å². The Morgan fingerprint density at radius 1 is 1.06 bits per heavy atom. The summed E-state index contributed by atoms with van der Waals surface area (Å²) in [5.41, 5.74) is 0.465. The Kier molecular flexibility index (Phi) is 11.1. The van der Waals surface area contributed by atoms with Crippen LogP contribution in [0.3, 0.4) is 0 Å². The maximum atomic E-state index is 13.3. The van der Waals surface area contributed by atoms with Gasteiger partial charge in [0.2, 0.25) is 0 Å². The molecule has 14 heteroatoms. The fourth-order valence-corrected chi connectivity index (χ4v) is 8.31. The van der Waals surface area contributed by atoms with Gasteiger partial charge in [-0.2, -0.15) is 0 Å². The number of hydrogen-bond acceptors (Lipinski definition) is 11. The molecule has 0 aliphatic carbocycles. The predicted molar refractivity (Wildman–Crippen MR) is 197 cm³/mol. The molecule has 1 atom stereocenters. The summed E-state index contributed by atoms with van der Waals surface area (Å²) in [5.74, 6) is 0.716. The number of aromatic amines is 1. The van der Waals surface area contributed by atoms with Crippen LogP contribution in [0.2, 0.25) is 0 Å². The molecule has 2 amide bonds. The number of phenolic OH excluding ortho intramolecular Hbond substituents is 1. The average Bonchev–Trinajstić information content (AvgIpc) is 3.71. The van der Waals surface area contributed by atoms with E-state index in [0.29, 0.717) is 42.3 Å². The lowest BCUT2D eigenvalue weighted by molar-refractivity contribution is -0.127. The van der Waals surface area contributed by atoms with E-state index in [1.165, 1.54) is 11.0 Å². The van der Waals surface area contributed by atoms with E-state index in [0.717, 1.165) is 59.1 Å². The number of piperidine rings is 1. The molecule has 4 aromatic rings. The second kappa shape index (κ2) is 15.3. The number of aliphatic hydroxyl groups is 1. The average molecular weight is 739 g/mol. The second-order valence-corrected chi connectivity index (χ2v) is 16.5. The monoisotopic (exact) mass is 738 g/mol. The van der Waals surface area contributed by atoms with Crippen LogP contribution in [-0.2, 0) is 16.0 Å². The highest BCUT2D eigenvalue weighted by molar-refractivity contribution is 7.16. The minimum Gasteiger partial charge on any atom is -0.506 e. The molecule has 0 unspecified atom stereocenters. The molecule has 4 heterocycles. The third-order valence-corrected chi connectivity index (χ3v) is 11.1. The van der Waals surface area contributed by atoms with Gasteiger partial charge in [-0.1, -0.05) is 29.5 Å². The summed E-state index contributed by atoms with van der Waals surface area (Å²) >= 11 is 2.43. The first-order valence-electron chi connectivity index (χ1n) is 17.2. The third kappa shape index (κ3) is 9.11. The molecule has 0 bridgehead atoms. The normalized spacial score (nSPS) is 17.1. The molecular weight excluding hydrogens is 693 g/mol. The standard InChI is InChI=1S/C37H46N4O8S2/c1-24-5-12-30(50-24)33(44)40-18-20-48-37(23-40)13-15-39(16-14-37)17-19-47-26-8-6-25(7-9-26)21-41(35(46)49-36(2,3)4)22-29(43)27-10-11-28(42)31-32(27)51-34(45)38-31/h5-12,29,42-43H,13-23H2,1-4H3,(H,38,45)/t29-/m0/s1. The lowest BCUT2D eigenvalue weighted by atomic mass is 9.89. The van der Waals surface area contributed by atoms with Gasteiger partial charge in [0.25, 0.3) is 5.91 Å². The van der Waals surface area contributed by atoms with Crippen LogP contribution in [-0.4, -0.2) is 106 Å². The predicted octanol–water partition coefficient (Wildman–Crippen LogP) is 5.52. The number of nitrogens with zero attached hydrogens (tertiary/aromatic N) is 3. The summed E-state index contributed by atoms with van der Waals surface area (Å²) in [4.78, 5) is 48.3. The Hall–Kier alpha value is -3.95. The number of ether oxygens (including phenoxy) is 3. The van der Waals surface area contributed by atoms with Gasteiger partial charge in [0.05, 0.1) is 41.0 Å². The van der Waals surface area contributed by atoms with Crippen LogP contribution in [0.15, 0.2) is 53.3 Å². The largest absolute Gasteiger partial charge is 0.506 e.